The molecule has 0 amide bonds. The van der Waals surface area contributed by atoms with Crippen molar-refractivity contribution in [3.05, 3.63) is 45.1 Å². The van der Waals surface area contributed by atoms with Gasteiger partial charge in [0, 0.05) is 12.3 Å². The molecule has 0 aliphatic heterocycles. The Morgan fingerprint density at radius 1 is 1.38 bits per heavy atom. The van der Waals surface area contributed by atoms with Gasteiger partial charge in [-0.05, 0) is 41.3 Å². The van der Waals surface area contributed by atoms with Gasteiger partial charge in [0.1, 0.15) is 11.0 Å². The van der Waals surface area contributed by atoms with Gasteiger partial charge in [-0.2, -0.15) is 11.3 Å². The van der Waals surface area contributed by atoms with Crippen LogP contribution in [0.2, 0.25) is 5.15 Å². The highest BCUT2D eigenvalue weighted by Crippen LogP contribution is 2.38. The SMILES string of the molecule is Clc1cc(Cc2ccsc2)nc(C2CC2)n1. The Labute approximate surface area is 103 Å². The maximum absolute atomic E-state index is 6.01. The Balaban J connectivity index is 1.88. The summed E-state index contributed by atoms with van der Waals surface area (Å²) in [6.07, 6.45) is 3.27. The lowest BCUT2D eigenvalue weighted by atomic mass is 10.2. The number of nitrogens with zero attached hydrogens (tertiary/aromatic N) is 2. The third kappa shape index (κ3) is 2.25. The van der Waals surface area contributed by atoms with Gasteiger partial charge >= 0.3 is 0 Å². The largest absolute Gasteiger partial charge is 0.237 e. The molecule has 1 fully saturated rings. The van der Waals surface area contributed by atoms with Gasteiger partial charge in [0.15, 0.2) is 0 Å². The molecule has 0 unspecified atom stereocenters. The lowest BCUT2D eigenvalue weighted by molar-refractivity contribution is 0.888. The number of aromatic nitrogens is 2. The molecule has 3 rings (SSSR count). The van der Waals surface area contributed by atoms with Crippen molar-refractivity contribution in [1.29, 1.82) is 0 Å². The topological polar surface area (TPSA) is 25.8 Å². The predicted molar refractivity (Wildman–Crippen MR) is 66.1 cm³/mol. The Bertz CT molecular complexity index is 492. The van der Waals surface area contributed by atoms with Crippen molar-refractivity contribution in [3.8, 4) is 0 Å². The fourth-order valence-electron chi connectivity index (χ4n) is 1.70. The molecule has 4 heteroatoms. The summed E-state index contributed by atoms with van der Waals surface area (Å²) in [6.45, 7) is 0. The zero-order valence-electron chi connectivity index (χ0n) is 8.69. The van der Waals surface area contributed by atoms with Gasteiger partial charge in [0.05, 0.1) is 5.69 Å². The van der Waals surface area contributed by atoms with Gasteiger partial charge in [0.2, 0.25) is 0 Å². The first kappa shape index (κ1) is 10.2. The Hall–Kier alpha value is -0.930. The summed E-state index contributed by atoms with van der Waals surface area (Å²) >= 11 is 7.72. The minimum Gasteiger partial charge on any atom is -0.237 e. The molecule has 0 aromatic carbocycles. The van der Waals surface area contributed by atoms with E-state index in [2.05, 4.69) is 26.8 Å². The third-order valence-corrected chi connectivity index (χ3v) is 3.60. The molecule has 1 aliphatic carbocycles. The summed E-state index contributed by atoms with van der Waals surface area (Å²) in [5, 5.41) is 4.80. The highest BCUT2D eigenvalue weighted by Gasteiger charge is 2.27. The lowest BCUT2D eigenvalue weighted by Crippen LogP contribution is -1.99. The summed E-state index contributed by atoms with van der Waals surface area (Å²) in [5.41, 5.74) is 2.32. The van der Waals surface area contributed by atoms with E-state index in [9.17, 15) is 0 Å². The second-order valence-corrected chi connectivity index (χ2v) is 5.29. The van der Waals surface area contributed by atoms with Gasteiger partial charge in [-0.3, -0.25) is 0 Å². The zero-order chi connectivity index (χ0) is 11.0. The van der Waals surface area contributed by atoms with Gasteiger partial charge < -0.3 is 0 Å². The first-order valence-corrected chi connectivity index (χ1v) is 6.68. The fraction of sp³-hybridized carbons (Fsp3) is 0.333. The number of hydrogen-bond donors (Lipinski definition) is 0. The third-order valence-electron chi connectivity index (χ3n) is 2.67. The highest BCUT2D eigenvalue weighted by atomic mass is 35.5. The highest BCUT2D eigenvalue weighted by molar-refractivity contribution is 7.07. The Morgan fingerprint density at radius 2 is 2.25 bits per heavy atom. The maximum atomic E-state index is 6.01. The van der Waals surface area contributed by atoms with Crippen molar-refractivity contribution in [1.82, 2.24) is 9.97 Å². The van der Waals surface area contributed by atoms with Crippen molar-refractivity contribution in [2.24, 2.45) is 0 Å². The van der Waals surface area contributed by atoms with Crippen LogP contribution in [0.1, 0.15) is 35.8 Å². The van der Waals surface area contributed by atoms with E-state index in [1.807, 2.05) is 6.07 Å². The van der Waals surface area contributed by atoms with Gasteiger partial charge in [-0.25, -0.2) is 9.97 Å². The number of thiophene rings is 1. The van der Waals surface area contributed by atoms with Crippen LogP contribution in [0.25, 0.3) is 0 Å². The molecule has 16 heavy (non-hydrogen) atoms. The van der Waals surface area contributed by atoms with Crippen LogP contribution < -0.4 is 0 Å². The van der Waals surface area contributed by atoms with E-state index < -0.39 is 0 Å². The average molecular weight is 251 g/mol. The first-order valence-electron chi connectivity index (χ1n) is 5.36. The number of halogens is 1. The normalized spacial score (nSPS) is 15.3. The summed E-state index contributed by atoms with van der Waals surface area (Å²) < 4.78 is 0. The molecule has 0 saturated heterocycles. The monoisotopic (exact) mass is 250 g/mol. The summed E-state index contributed by atoms with van der Waals surface area (Å²) in [7, 11) is 0. The van der Waals surface area contributed by atoms with Crippen LogP contribution in [0.3, 0.4) is 0 Å². The lowest BCUT2D eigenvalue weighted by Gasteiger charge is -2.03. The number of rotatable bonds is 3. The molecule has 2 aromatic heterocycles. The van der Waals surface area contributed by atoms with Crippen LogP contribution >= 0.6 is 22.9 Å². The molecular formula is C12H11ClN2S. The van der Waals surface area contributed by atoms with E-state index in [4.69, 9.17) is 11.6 Å². The van der Waals surface area contributed by atoms with E-state index in [-0.39, 0.29) is 0 Å². The average Bonchev–Trinajstić information content (AvgIpc) is 2.98. The predicted octanol–water partition coefficient (Wildman–Crippen LogP) is 3.66. The minimum atomic E-state index is 0.555. The Kier molecular flexibility index (Phi) is 2.65. The van der Waals surface area contributed by atoms with Crippen LogP contribution in [0.15, 0.2) is 22.9 Å². The molecule has 1 saturated carbocycles. The standard InChI is InChI=1S/C12H11ClN2S/c13-11-6-10(5-8-3-4-16-7-8)14-12(15-11)9-1-2-9/h3-4,6-7,9H,1-2,5H2. The van der Waals surface area contributed by atoms with Crippen molar-refractivity contribution >= 4 is 22.9 Å². The molecule has 0 spiro atoms. The summed E-state index contributed by atoms with van der Waals surface area (Å²) in [5.74, 6) is 1.48. The quantitative estimate of drug-likeness (QED) is 0.777. The molecule has 2 nitrogen and oxygen atoms in total. The molecule has 0 N–H and O–H groups in total. The second kappa shape index (κ2) is 4.15. The smallest absolute Gasteiger partial charge is 0.133 e. The number of hydrogen-bond acceptors (Lipinski definition) is 3. The summed E-state index contributed by atoms with van der Waals surface area (Å²) in [4.78, 5) is 8.86. The van der Waals surface area contributed by atoms with E-state index in [0.29, 0.717) is 11.1 Å². The molecular weight excluding hydrogens is 240 g/mol. The first-order chi connectivity index (χ1) is 7.81. The zero-order valence-corrected chi connectivity index (χ0v) is 10.3. The van der Waals surface area contributed by atoms with Crippen LogP contribution in [0, 0.1) is 0 Å². The van der Waals surface area contributed by atoms with Crippen molar-refractivity contribution < 1.29 is 0 Å². The van der Waals surface area contributed by atoms with E-state index in [1.54, 1.807) is 11.3 Å². The van der Waals surface area contributed by atoms with Crippen LogP contribution in [0.4, 0.5) is 0 Å². The summed E-state index contributed by atoms with van der Waals surface area (Å²) in [6, 6.07) is 3.99. The van der Waals surface area contributed by atoms with E-state index in [1.165, 1.54) is 18.4 Å². The van der Waals surface area contributed by atoms with Gasteiger partial charge in [-0.15, -0.1) is 0 Å². The minimum absolute atomic E-state index is 0.555. The second-order valence-electron chi connectivity index (χ2n) is 4.12. The van der Waals surface area contributed by atoms with Crippen LogP contribution in [-0.2, 0) is 6.42 Å². The molecule has 0 atom stereocenters. The van der Waals surface area contributed by atoms with Gasteiger partial charge in [-0.1, -0.05) is 11.6 Å². The van der Waals surface area contributed by atoms with E-state index >= 15 is 0 Å². The molecule has 82 valence electrons. The fourth-order valence-corrected chi connectivity index (χ4v) is 2.58. The van der Waals surface area contributed by atoms with E-state index in [0.717, 1.165) is 17.9 Å². The molecule has 2 aromatic rings. The van der Waals surface area contributed by atoms with Crippen molar-refractivity contribution in [2.75, 3.05) is 0 Å². The van der Waals surface area contributed by atoms with Gasteiger partial charge in [0.25, 0.3) is 0 Å². The molecule has 1 aliphatic rings. The van der Waals surface area contributed by atoms with Crippen molar-refractivity contribution in [2.45, 2.75) is 25.2 Å². The molecule has 0 radical (unpaired) electrons. The van der Waals surface area contributed by atoms with Crippen molar-refractivity contribution in [3.63, 3.8) is 0 Å². The van der Waals surface area contributed by atoms with Crippen LogP contribution in [0.5, 0.6) is 0 Å². The van der Waals surface area contributed by atoms with Crippen LogP contribution in [-0.4, -0.2) is 9.97 Å². The molecule has 0 bridgehead atoms. The molecule has 2 heterocycles. The maximum Gasteiger partial charge on any atom is 0.133 e. The Morgan fingerprint density at radius 3 is 2.94 bits per heavy atom.